The van der Waals surface area contributed by atoms with E-state index >= 15 is 0 Å². The van der Waals surface area contributed by atoms with Gasteiger partial charge < -0.3 is 13.1 Å². The Labute approximate surface area is 205 Å². The number of unbranched alkanes of at least 4 members (excludes halogenated alkanes) is 1. The molecule has 0 amide bonds. The molecule has 14 heteroatoms. The minimum absolute atomic E-state index is 0.257. The maximum atomic E-state index is 11.0. The molecule has 0 unspecified atom stereocenters. The van der Waals surface area contributed by atoms with E-state index in [1.807, 2.05) is 4.90 Å². The van der Waals surface area contributed by atoms with Crippen LogP contribution in [0, 0.1) is 0 Å². The number of hydrogen-bond acceptors (Lipinski definition) is 7. The molecule has 0 aromatic heterocycles. The molecule has 200 valence electrons. The Hall–Kier alpha value is 0.351. The molecule has 0 bridgehead atoms. The van der Waals surface area contributed by atoms with Crippen molar-refractivity contribution in [2.45, 2.75) is 90.4 Å². The van der Waals surface area contributed by atoms with Crippen LogP contribution in [0.1, 0.15) is 39.0 Å². The van der Waals surface area contributed by atoms with Crippen molar-refractivity contribution < 1.29 is 34.2 Å². The quantitative estimate of drug-likeness (QED) is 0.175. The summed E-state index contributed by atoms with van der Waals surface area (Å²) < 4.78 is 75.1. The van der Waals surface area contributed by atoms with E-state index in [1.54, 1.807) is 0 Å². The first kappa shape index (κ1) is 33.4. The highest BCUT2D eigenvalue weighted by atomic mass is 32.2. The molecule has 33 heavy (non-hydrogen) atoms. The lowest BCUT2D eigenvalue weighted by Gasteiger charge is -2.39. The summed E-state index contributed by atoms with van der Waals surface area (Å²) in [5.74, 6) is -0.667. The second kappa shape index (κ2) is 14.2. The van der Waals surface area contributed by atoms with Crippen LogP contribution in [0.4, 0.5) is 0 Å². The highest BCUT2D eigenvalue weighted by Crippen LogP contribution is 2.26. The van der Waals surface area contributed by atoms with Gasteiger partial charge in [0.15, 0.2) is 16.6 Å². The van der Waals surface area contributed by atoms with Crippen LogP contribution in [0.25, 0.3) is 0 Å². The predicted octanol–water partition coefficient (Wildman–Crippen LogP) is 4.18. The van der Waals surface area contributed by atoms with Gasteiger partial charge in [-0.2, -0.15) is 16.8 Å². The van der Waals surface area contributed by atoms with E-state index in [9.17, 15) is 16.8 Å². The van der Waals surface area contributed by atoms with Crippen LogP contribution in [0.2, 0.25) is 51.4 Å². The van der Waals surface area contributed by atoms with E-state index in [-0.39, 0.29) is 24.3 Å². The first-order valence-electron chi connectivity index (χ1n) is 11.8. The summed E-state index contributed by atoms with van der Waals surface area (Å²) in [5.41, 5.74) is 0. The van der Waals surface area contributed by atoms with Crippen molar-refractivity contribution in [1.82, 2.24) is 4.90 Å². The molecule has 0 atom stereocenters. The Balaban J connectivity index is 4.81. The average Bonchev–Trinajstić information content (AvgIpc) is 2.55. The smallest absolute Gasteiger partial charge is 0.311 e. The Kier molecular flexibility index (Phi) is 14.3. The first-order chi connectivity index (χ1) is 14.8. The zero-order valence-corrected chi connectivity index (χ0v) is 26.2. The zero-order valence-electron chi connectivity index (χ0n) is 21.6. The van der Waals surface area contributed by atoms with Crippen molar-refractivity contribution in [2.75, 3.05) is 31.1 Å². The SMILES string of the molecule is CCCC[Si](C)(C)O[Si](C)(C)O[Si](C)(C)CCCN(CCCS(=O)(=O)O)CCCS(=O)(=O)O. The lowest BCUT2D eigenvalue weighted by Crippen LogP contribution is -2.52. The molecule has 0 aromatic rings. The number of nitrogens with zero attached hydrogens (tertiary/aromatic N) is 1. The maximum absolute atomic E-state index is 11.0. The molecule has 0 aliphatic heterocycles. The molecule has 0 spiro atoms. The summed E-state index contributed by atoms with van der Waals surface area (Å²) in [6.07, 6.45) is 3.68. The minimum Gasteiger partial charge on any atom is -0.437 e. The van der Waals surface area contributed by atoms with Gasteiger partial charge in [0.05, 0.1) is 11.5 Å². The Morgan fingerprint density at radius 3 is 1.39 bits per heavy atom. The van der Waals surface area contributed by atoms with E-state index in [2.05, 4.69) is 46.2 Å². The summed E-state index contributed by atoms with van der Waals surface area (Å²) in [7, 11) is -14.1. The lowest BCUT2D eigenvalue weighted by molar-refractivity contribution is 0.273. The fourth-order valence-corrected chi connectivity index (χ4v) is 19.3. The molecule has 0 aliphatic carbocycles. The highest BCUT2D eigenvalue weighted by molar-refractivity contribution is 7.86. The summed E-state index contributed by atoms with van der Waals surface area (Å²) in [6, 6.07) is 2.03. The van der Waals surface area contributed by atoms with Gasteiger partial charge in [-0.05, 0) is 90.3 Å². The van der Waals surface area contributed by atoms with Gasteiger partial charge in [0, 0.05) is 0 Å². The topological polar surface area (TPSA) is 130 Å². The van der Waals surface area contributed by atoms with Crippen LogP contribution in [0.5, 0.6) is 0 Å². The van der Waals surface area contributed by atoms with Crippen LogP contribution < -0.4 is 0 Å². The summed E-state index contributed by atoms with van der Waals surface area (Å²) >= 11 is 0. The normalized spacial score (nSPS) is 14.2. The van der Waals surface area contributed by atoms with Gasteiger partial charge >= 0.3 is 8.56 Å². The third kappa shape index (κ3) is 20.3. The molecule has 0 fully saturated rings. The maximum Gasteiger partial charge on any atom is 0.311 e. The molecule has 0 rings (SSSR count). The molecular formula is C19H47NO8S2Si3. The van der Waals surface area contributed by atoms with Gasteiger partial charge in [-0.1, -0.05) is 19.8 Å². The van der Waals surface area contributed by atoms with Crippen molar-refractivity contribution in [2.24, 2.45) is 0 Å². The van der Waals surface area contributed by atoms with Crippen molar-refractivity contribution in [3.8, 4) is 0 Å². The number of rotatable bonds is 19. The lowest BCUT2D eigenvalue weighted by atomic mass is 10.3. The molecule has 0 aromatic carbocycles. The Morgan fingerprint density at radius 1 is 0.667 bits per heavy atom. The van der Waals surface area contributed by atoms with Crippen molar-refractivity contribution in [1.29, 1.82) is 0 Å². The van der Waals surface area contributed by atoms with Gasteiger partial charge in [-0.25, -0.2) is 0 Å². The van der Waals surface area contributed by atoms with Crippen molar-refractivity contribution in [3.63, 3.8) is 0 Å². The molecule has 0 aliphatic rings. The van der Waals surface area contributed by atoms with Gasteiger partial charge in [0.2, 0.25) is 0 Å². The van der Waals surface area contributed by atoms with E-state index < -0.39 is 45.4 Å². The van der Waals surface area contributed by atoms with E-state index in [1.165, 1.54) is 6.42 Å². The average molecular weight is 566 g/mol. The number of hydrogen-bond donors (Lipinski definition) is 2. The second-order valence-corrected chi connectivity index (χ2v) is 26.1. The largest absolute Gasteiger partial charge is 0.437 e. The van der Waals surface area contributed by atoms with Crippen LogP contribution in [-0.2, 0) is 28.5 Å². The summed E-state index contributed by atoms with van der Waals surface area (Å²) in [5, 5.41) is 0. The van der Waals surface area contributed by atoms with Crippen LogP contribution >= 0.6 is 0 Å². The second-order valence-electron chi connectivity index (χ2n) is 10.5. The van der Waals surface area contributed by atoms with E-state index in [0.29, 0.717) is 19.6 Å². The molecule has 0 saturated carbocycles. The molecule has 0 saturated heterocycles. The van der Waals surface area contributed by atoms with E-state index in [0.717, 1.165) is 24.9 Å². The minimum atomic E-state index is -4.03. The standard InChI is InChI=1S/C19H47NO8S2Si3/c1-8-9-18-31(2,3)27-33(6,7)28-32(4,5)19-12-15-20(13-10-16-29(21,22)23)14-11-17-30(24,25)26/h8-19H2,1-7H3,(H,21,22,23)(H,24,25,26). The van der Waals surface area contributed by atoms with Crippen LogP contribution in [0.3, 0.4) is 0 Å². The molecule has 2 N–H and O–H groups in total. The summed E-state index contributed by atoms with van der Waals surface area (Å²) in [6.45, 7) is 16.8. The fraction of sp³-hybridized carbons (Fsp3) is 1.00. The summed E-state index contributed by atoms with van der Waals surface area (Å²) in [4.78, 5) is 1.99. The monoisotopic (exact) mass is 565 g/mol. The van der Waals surface area contributed by atoms with E-state index in [4.69, 9.17) is 17.3 Å². The fourth-order valence-electron chi connectivity index (χ4n) is 4.06. The van der Waals surface area contributed by atoms with Crippen molar-refractivity contribution in [3.05, 3.63) is 0 Å². The Morgan fingerprint density at radius 2 is 1.03 bits per heavy atom. The van der Waals surface area contributed by atoms with Crippen LogP contribution in [-0.4, -0.2) is 87.2 Å². The first-order valence-corrected chi connectivity index (χ1v) is 24.1. The predicted molar refractivity (Wildman–Crippen MR) is 142 cm³/mol. The van der Waals surface area contributed by atoms with Crippen molar-refractivity contribution >= 4 is 45.4 Å². The van der Waals surface area contributed by atoms with Crippen LogP contribution in [0.15, 0.2) is 0 Å². The Bertz CT molecular complexity index is 736. The van der Waals surface area contributed by atoms with Gasteiger partial charge in [-0.3, -0.25) is 9.11 Å². The third-order valence-corrected chi connectivity index (χ3v) is 18.3. The highest BCUT2D eigenvalue weighted by Gasteiger charge is 2.39. The molecular weight excluding hydrogens is 519 g/mol. The van der Waals surface area contributed by atoms with Gasteiger partial charge in [-0.15, -0.1) is 0 Å². The third-order valence-electron chi connectivity index (χ3n) is 5.18. The molecule has 0 radical (unpaired) electrons. The van der Waals surface area contributed by atoms with Gasteiger partial charge in [0.25, 0.3) is 20.2 Å². The van der Waals surface area contributed by atoms with Gasteiger partial charge in [0.1, 0.15) is 0 Å². The zero-order chi connectivity index (χ0) is 26.0. The molecule has 9 nitrogen and oxygen atoms in total. The molecule has 0 heterocycles.